The Kier molecular flexibility index (Phi) is 15.3. The number of aromatic nitrogens is 3. The van der Waals surface area contributed by atoms with Gasteiger partial charge in [0.25, 0.3) is 0 Å². The van der Waals surface area contributed by atoms with Crippen molar-refractivity contribution in [3.05, 3.63) is 41.9 Å². The van der Waals surface area contributed by atoms with Gasteiger partial charge < -0.3 is 14.6 Å². The number of unbranched alkanes of at least 4 members (excludes halogenated alkanes) is 13. The molecular formula is C31H48ClN3O5. The zero-order valence-electron chi connectivity index (χ0n) is 24.6. The molecule has 1 heterocycles. The van der Waals surface area contributed by atoms with Crippen molar-refractivity contribution in [2.45, 2.75) is 123 Å². The predicted molar refractivity (Wildman–Crippen MR) is 157 cm³/mol. The van der Waals surface area contributed by atoms with Crippen molar-refractivity contribution in [1.29, 1.82) is 0 Å². The number of esters is 1. The average Bonchev–Trinajstić information content (AvgIpc) is 3.49. The molecule has 9 heteroatoms. The summed E-state index contributed by atoms with van der Waals surface area (Å²) < 4.78 is 12.0. The van der Waals surface area contributed by atoms with Gasteiger partial charge in [-0.25, -0.2) is 4.98 Å². The van der Waals surface area contributed by atoms with Crippen LogP contribution in [0.2, 0.25) is 5.02 Å². The molecule has 2 aromatic rings. The third kappa shape index (κ3) is 12.0. The Hall–Kier alpha value is -2.45. The van der Waals surface area contributed by atoms with E-state index < -0.39 is 17.1 Å². The fourth-order valence-electron chi connectivity index (χ4n) is 4.53. The van der Waals surface area contributed by atoms with Crippen LogP contribution in [-0.4, -0.2) is 38.2 Å². The predicted octanol–water partition coefficient (Wildman–Crippen LogP) is 7.62. The molecular weight excluding hydrogens is 530 g/mol. The molecule has 0 fully saturated rings. The van der Waals surface area contributed by atoms with E-state index in [1.807, 2.05) is 0 Å². The fourth-order valence-corrected chi connectivity index (χ4v) is 4.66. The topological polar surface area (TPSA) is 104 Å². The molecule has 40 heavy (non-hydrogen) atoms. The number of rotatable bonds is 22. The monoisotopic (exact) mass is 577 g/mol. The second-order valence-corrected chi connectivity index (χ2v) is 11.7. The van der Waals surface area contributed by atoms with E-state index in [-0.39, 0.29) is 18.3 Å². The van der Waals surface area contributed by atoms with Crippen LogP contribution in [0, 0.1) is 5.41 Å². The van der Waals surface area contributed by atoms with Crippen LogP contribution in [0.15, 0.2) is 36.9 Å². The van der Waals surface area contributed by atoms with Crippen LogP contribution < -0.4 is 4.74 Å². The van der Waals surface area contributed by atoms with E-state index in [1.165, 1.54) is 95.4 Å². The fraction of sp³-hybridized carbons (Fsp3) is 0.677. The number of hydrogen-bond acceptors (Lipinski definition) is 7. The number of benzene rings is 1. The highest BCUT2D eigenvalue weighted by Gasteiger charge is 2.50. The summed E-state index contributed by atoms with van der Waals surface area (Å²) in [7, 11) is 0. The van der Waals surface area contributed by atoms with Crippen molar-refractivity contribution in [3.63, 3.8) is 0 Å². The van der Waals surface area contributed by atoms with Crippen molar-refractivity contribution in [3.8, 4) is 5.75 Å². The van der Waals surface area contributed by atoms with E-state index in [2.05, 4.69) is 17.0 Å². The Bertz CT molecular complexity index is 981. The van der Waals surface area contributed by atoms with Crippen LogP contribution in [0.5, 0.6) is 5.75 Å². The third-order valence-electron chi connectivity index (χ3n) is 7.04. The van der Waals surface area contributed by atoms with Gasteiger partial charge in [0.05, 0.1) is 5.41 Å². The number of ketones is 1. The number of halogens is 1. The van der Waals surface area contributed by atoms with Gasteiger partial charge in [-0.05, 0) is 44.5 Å². The molecule has 0 aliphatic carbocycles. The van der Waals surface area contributed by atoms with Gasteiger partial charge in [-0.2, -0.15) is 9.78 Å². The van der Waals surface area contributed by atoms with Crippen molar-refractivity contribution in [2.75, 3.05) is 6.61 Å². The number of aliphatic hydroxyl groups is 1. The molecule has 0 spiro atoms. The van der Waals surface area contributed by atoms with Crippen LogP contribution in [-0.2, 0) is 20.2 Å². The smallest absolute Gasteiger partial charge is 0.376 e. The van der Waals surface area contributed by atoms with Crippen molar-refractivity contribution < 1.29 is 24.2 Å². The summed E-state index contributed by atoms with van der Waals surface area (Å²) >= 11 is 5.93. The van der Waals surface area contributed by atoms with E-state index in [9.17, 15) is 14.7 Å². The molecule has 2 rings (SSSR count). The SMILES string of the molecule is CCCCCCCCCCCCCCCCC(=O)OCC(C)(C)C(=O)C(O)(Oc1ccc(Cl)cc1)n1cncn1. The second kappa shape index (κ2) is 18.1. The van der Waals surface area contributed by atoms with Crippen molar-refractivity contribution in [1.82, 2.24) is 14.8 Å². The average molecular weight is 578 g/mol. The maximum absolute atomic E-state index is 13.5. The maximum Gasteiger partial charge on any atom is 0.376 e. The summed E-state index contributed by atoms with van der Waals surface area (Å²) in [5.41, 5.74) is -1.27. The summed E-state index contributed by atoms with van der Waals surface area (Å²) in [5, 5.41) is 15.7. The molecule has 1 atom stereocenters. The minimum Gasteiger partial charge on any atom is -0.465 e. The Labute approximate surface area is 244 Å². The molecule has 0 saturated carbocycles. The van der Waals surface area contributed by atoms with Gasteiger partial charge in [-0.3, -0.25) is 9.59 Å². The number of nitrogens with zero attached hydrogens (tertiary/aromatic N) is 3. The summed E-state index contributed by atoms with van der Waals surface area (Å²) in [6, 6.07) is 6.21. The van der Waals surface area contributed by atoms with Crippen LogP contribution in [0.1, 0.15) is 117 Å². The molecule has 1 aromatic carbocycles. The number of Topliss-reactive ketones (excluding diaryl/α,β-unsaturated/α-hetero) is 1. The first-order valence-corrected chi connectivity index (χ1v) is 15.3. The zero-order valence-corrected chi connectivity index (χ0v) is 25.3. The lowest BCUT2D eigenvalue weighted by molar-refractivity contribution is -0.222. The second-order valence-electron chi connectivity index (χ2n) is 11.2. The Morgan fingerprint density at radius 3 is 1.90 bits per heavy atom. The van der Waals surface area contributed by atoms with Crippen molar-refractivity contribution in [2.24, 2.45) is 5.41 Å². The molecule has 0 bridgehead atoms. The van der Waals surface area contributed by atoms with Gasteiger partial charge >= 0.3 is 11.9 Å². The van der Waals surface area contributed by atoms with E-state index in [4.69, 9.17) is 21.1 Å². The molecule has 0 saturated heterocycles. The minimum atomic E-state index is -2.49. The van der Waals surface area contributed by atoms with Gasteiger partial charge in [-0.15, -0.1) is 0 Å². The number of carbonyl (C=O) groups is 2. The first kappa shape index (κ1) is 33.8. The highest BCUT2D eigenvalue weighted by molar-refractivity contribution is 6.30. The molecule has 0 radical (unpaired) electrons. The highest BCUT2D eigenvalue weighted by atomic mass is 35.5. The third-order valence-corrected chi connectivity index (χ3v) is 7.29. The number of carbonyl (C=O) groups excluding carboxylic acids is 2. The normalized spacial score (nSPS) is 13.1. The Morgan fingerprint density at radius 2 is 1.40 bits per heavy atom. The quantitative estimate of drug-likeness (QED) is 0.0871. The summed E-state index contributed by atoms with van der Waals surface area (Å²) in [6.07, 6.45) is 20.1. The molecule has 0 aliphatic rings. The van der Waals surface area contributed by atoms with E-state index in [0.717, 1.165) is 23.9 Å². The minimum absolute atomic E-state index is 0.204. The maximum atomic E-state index is 13.5. The van der Waals surface area contributed by atoms with Crippen LogP contribution in [0.4, 0.5) is 0 Å². The largest absolute Gasteiger partial charge is 0.465 e. The molecule has 224 valence electrons. The molecule has 1 N–H and O–H groups in total. The van der Waals surface area contributed by atoms with Crippen LogP contribution >= 0.6 is 11.6 Å². The molecule has 0 aliphatic heterocycles. The first-order valence-electron chi connectivity index (χ1n) is 14.9. The number of ether oxygens (including phenoxy) is 2. The summed E-state index contributed by atoms with van der Waals surface area (Å²) in [5.74, 6) is -3.37. The lowest BCUT2D eigenvalue weighted by Gasteiger charge is -2.33. The molecule has 0 amide bonds. The van der Waals surface area contributed by atoms with Gasteiger partial charge in [0.2, 0.25) is 5.78 Å². The standard InChI is InChI=1S/C31H48ClN3O5/c1-4-5-6-7-8-9-10-11-12-13-14-15-16-17-18-28(36)39-23-30(2,3)29(37)31(38,35-25-33-24-34-35)40-27-21-19-26(32)20-22-27/h19-22,24-25,38H,4-18,23H2,1-3H3. The van der Waals surface area contributed by atoms with Crippen molar-refractivity contribution >= 4 is 23.4 Å². The zero-order chi connectivity index (χ0) is 29.3. The molecule has 1 unspecified atom stereocenters. The van der Waals surface area contributed by atoms with E-state index >= 15 is 0 Å². The lowest BCUT2D eigenvalue weighted by atomic mass is 9.86. The van der Waals surface area contributed by atoms with Crippen LogP contribution in [0.25, 0.3) is 0 Å². The van der Waals surface area contributed by atoms with E-state index in [1.54, 1.807) is 26.0 Å². The summed E-state index contributed by atoms with van der Waals surface area (Å²) in [4.78, 5) is 29.7. The van der Waals surface area contributed by atoms with Crippen LogP contribution in [0.3, 0.4) is 0 Å². The summed E-state index contributed by atoms with van der Waals surface area (Å²) in [6.45, 7) is 5.22. The highest BCUT2D eigenvalue weighted by Crippen LogP contribution is 2.31. The van der Waals surface area contributed by atoms with Gasteiger partial charge in [0.15, 0.2) is 0 Å². The van der Waals surface area contributed by atoms with Gasteiger partial charge in [0, 0.05) is 11.4 Å². The molecule has 1 aromatic heterocycles. The Morgan fingerprint density at radius 1 is 0.875 bits per heavy atom. The first-order chi connectivity index (χ1) is 19.2. The van der Waals surface area contributed by atoms with Gasteiger partial charge in [-0.1, -0.05) is 102 Å². The Balaban J connectivity index is 1.67. The van der Waals surface area contributed by atoms with E-state index in [0.29, 0.717) is 11.4 Å². The molecule has 8 nitrogen and oxygen atoms in total. The number of hydrogen-bond donors (Lipinski definition) is 1. The van der Waals surface area contributed by atoms with Gasteiger partial charge in [0.1, 0.15) is 25.0 Å². The lowest BCUT2D eigenvalue weighted by Crippen LogP contribution is -2.54.